The second kappa shape index (κ2) is 5.16. The lowest BCUT2D eigenvalue weighted by Crippen LogP contribution is -2.12. The van der Waals surface area contributed by atoms with E-state index in [1.807, 2.05) is 0 Å². The third-order valence-electron chi connectivity index (χ3n) is 2.14. The molecular weight excluding hydrogens is 263 g/mol. The SMILES string of the molecule is ON=C(Cn1cncn1)c1cc(Cl)ccc1Cl. The van der Waals surface area contributed by atoms with E-state index < -0.39 is 0 Å². The number of benzene rings is 1. The number of oxime groups is 1. The molecule has 88 valence electrons. The number of rotatable bonds is 3. The van der Waals surface area contributed by atoms with Crippen molar-refractivity contribution in [1.29, 1.82) is 0 Å². The van der Waals surface area contributed by atoms with Gasteiger partial charge >= 0.3 is 0 Å². The molecule has 0 saturated carbocycles. The fourth-order valence-corrected chi connectivity index (χ4v) is 1.76. The highest BCUT2D eigenvalue weighted by Gasteiger charge is 2.11. The van der Waals surface area contributed by atoms with Crippen LogP contribution in [0.25, 0.3) is 0 Å². The number of aromatic nitrogens is 3. The predicted molar refractivity (Wildman–Crippen MR) is 64.8 cm³/mol. The maximum Gasteiger partial charge on any atom is 0.137 e. The number of hydrogen-bond donors (Lipinski definition) is 1. The van der Waals surface area contributed by atoms with E-state index in [1.54, 1.807) is 18.2 Å². The Balaban J connectivity index is 2.33. The maximum atomic E-state index is 9.02. The van der Waals surface area contributed by atoms with E-state index >= 15 is 0 Å². The smallest absolute Gasteiger partial charge is 0.137 e. The van der Waals surface area contributed by atoms with Crippen LogP contribution in [0.5, 0.6) is 0 Å². The first-order valence-electron chi connectivity index (χ1n) is 4.69. The van der Waals surface area contributed by atoms with Crippen LogP contribution in [-0.2, 0) is 6.54 Å². The molecule has 0 spiro atoms. The van der Waals surface area contributed by atoms with Gasteiger partial charge in [-0.05, 0) is 18.2 Å². The molecule has 5 nitrogen and oxygen atoms in total. The van der Waals surface area contributed by atoms with E-state index in [-0.39, 0.29) is 6.54 Å². The Bertz CT molecular complexity index is 539. The molecule has 0 radical (unpaired) electrons. The summed E-state index contributed by atoms with van der Waals surface area (Å²) in [6.45, 7) is 0.260. The van der Waals surface area contributed by atoms with Crippen molar-refractivity contribution in [2.45, 2.75) is 6.54 Å². The molecular formula is C10H8Cl2N4O. The number of hydrogen-bond acceptors (Lipinski definition) is 4. The van der Waals surface area contributed by atoms with Crippen LogP contribution >= 0.6 is 23.2 Å². The molecule has 0 aliphatic carbocycles. The fraction of sp³-hybridized carbons (Fsp3) is 0.100. The summed E-state index contributed by atoms with van der Waals surface area (Å²) in [6.07, 6.45) is 2.91. The van der Waals surface area contributed by atoms with Gasteiger partial charge in [0.25, 0.3) is 0 Å². The van der Waals surface area contributed by atoms with Gasteiger partial charge in [0.1, 0.15) is 18.4 Å². The van der Waals surface area contributed by atoms with Crippen LogP contribution in [0, 0.1) is 0 Å². The molecule has 2 rings (SSSR count). The molecule has 0 saturated heterocycles. The summed E-state index contributed by atoms with van der Waals surface area (Å²) >= 11 is 11.9. The van der Waals surface area contributed by atoms with Gasteiger partial charge in [-0.25, -0.2) is 9.67 Å². The molecule has 1 aromatic carbocycles. The van der Waals surface area contributed by atoms with Crippen LogP contribution in [0.3, 0.4) is 0 Å². The Labute approximate surface area is 107 Å². The third kappa shape index (κ3) is 2.75. The minimum atomic E-state index is 0.260. The molecule has 2 aromatic rings. The van der Waals surface area contributed by atoms with Gasteiger partial charge in [-0.1, -0.05) is 28.4 Å². The maximum absolute atomic E-state index is 9.02. The largest absolute Gasteiger partial charge is 0.411 e. The monoisotopic (exact) mass is 270 g/mol. The molecule has 0 fully saturated rings. The second-order valence-corrected chi connectivity index (χ2v) is 4.11. The Morgan fingerprint density at radius 3 is 2.88 bits per heavy atom. The zero-order chi connectivity index (χ0) is 12.3. The highest BCUT2D eigenvalue weighted by Crippen LogP contribution is 2.21. The number of nitrogens with zero attached hydrogens (tertiary/aromatic N) is 4. The van der Waals surface area contributed by atoms with Crippen LogP contribution in [0.1, 0.15) is 5.56 Å². The summed E-state index contributed by atoms with van der Waals surface area (Å²) in [5.74, 6) is 0. The van der Waals surface area contributed by atoms with Gasteiger partial charge < -0.3 is 5.21 Å². The van der Waals surface area contributed by atoms with Crippen LogP contribution in [-0.4, -0.2) is 25.7 Å². The summed E-state index contributed by atoms with van der Waals surface area (Å²) in [5, 5.41) is 17.1. The van der Waals surface area contributed by atoms with E-state index in [4.69, 9.17) is 28.4 Å². The third-order valence-corrected chi connectivity index (χ3v) is 2.70. The normalized spacial score (nSPS) is 11.8. The van der Waals surface area contributed by atoms with Gasteiger partial charge in [-0.2, -0.15) is 5.10 Å². The van der Waals surface area contributed by atoms with Crippen LogP contribution in [0.2, 0.25) is 10.0 Å². The Kier molecular flexibility index (Phi) is 3.61. The molecule has 7 heteroatoms. The average molecular weight is 271 g/mol. The molecule has 0 amide bonds. The minimum Gasteiger partial charge on any atom is -0.411 e. The highest BCUT2D eigenvalue weighted by atomic mass is 35.5. The molecule has 17 heavy (non-hydrogen) atoms. The first-order chi connectivity index (χ1) is 8.20. The topological polar surface area (TPSA) is 63.3 Å². The van der Waals surface area contributed by atoms with Gasteiger partial charge in [-0.3, -0.25) is 0 Å². The predicted octanol–water partition coefficient (Wildman–Crippen LogP) is 2.46. The van der Waals surface area contributed by atoms with E-state index in [9.17, 15) is 0 Å². The van der Waals surface area contributed by atoms with Gasteiger partial charge in [-0.15, -0.1) is 0 Å². The minimum absolute atomic E-state index is 0.260. The van der Waals surface area contributed by atoms with Gasteiger partial charge in [0.05, 0.1) is 6.54 Å². The zero-order valence-corrected chi connectivity index (χ0v) is 10.1. The van der Waals surface area contributed by atoms with E-state index in [0.717, 1.165) is 0 Å². The molecule has 0 unspecified atom stereocenters. The molecule has 1 aromatic heterocycles. The molecule has 0 atom stereocenters. The first-order valence-corrected chi connectivity index (χ1v) is 5.45. The molecule has 0 aliphatic rings. The zero-order valence-electron chi connectivity index (χ0n) is 8.59. The lowest BCUT2D eigenvalue weighted by atomic mass is 10.1. The first kappa shape index (κ1) is 11.9. The molecule has 1 N–H and O–H groups in total. The molecule has 0 bridgehead atoms. The van der Waals surface area contributed by atoms with E-state index in [0.29, 0.717) is 21.3 Å². The Morgan fingerprint density at radius 2 is 2.24 bits per heavy atom. The van der Waals surface area contributed by atoms with Crippen LogP contribution in [0.4, 0.5) is 0 Å². The Morgan fingerprint density at radius 1 is 1.41 bits per heavy atom. The van der Waals surface area contributed by atoms with Crippen molar-refractivity contribution in [3.05, 3.63) is 46.5 Å². The lowest BCUT2D eigenvalue weighted by molar-refractivity contribution is 0.317. The van der Waals surface area contributed by atoms with Crippen LogP contribution < -0.4 is 0 Å². The summed E-state index contributed by atoms with van der Waals surface area (Å²) in [7, 11) is 0. The highest BCUT2D eigenvalue weighted by molar-refractivity contribution is 6.36. The van der Waals surface area contributed by atoms with Gasteiger partial charge in [0.2, 0.25) is 0 Å². The molecule has 0 aliphatic heterocycles. The second-order valence-electron chi connectivity index (χ2n) is 3.26. The van der Waals surface area contributed by atoms with Crippen molar-refractivity contribution in [3.8, 4) is 0 Å². The van der Waals surface area contributed by atoms with Crippen molar-refractivity contribution >= 4 is 28.9 Å². The summed E-state index contributed by atoms with van der Waals surface area (Å²) in [5.41, 5.74) is 0.931. The summed E-state index contributed by atoms with van der Waals surface area (Å²) in [4.78, 5) is 3.80. The van der Waals surface area contributed by atoms with Crippen molar-refractivity contribution in [3.63, 3.8) is 0 Å². The van der Waals surface area contributed by atoms with Crippen LogP contribution in [0.15, 0.2) is 36.0 Å². The average Bonchev–Trinajstić information content (AvgIpc) is 2.82. The van der Waals surface area contributed by atoms with Crippen molar-refractivity contribution in [2.24, 2.45) is 5.16 Å². The lowest BCUT2D eigenvalue weighted by Gasteiger charge is -2.07. The summed E-state index contributed by atoms with van der Waals surface area (Å²) in [6, 6.07) is 4.94. The quantitative estimate of drug-likeness (QED) is 0.530. The number of halogens is 2. The Hall–Kier alpha value is -1.59. The van der Waals surface area contributed by atoms with Gasteiger partial charge in [0, 0.05) is 15.6 Å². The van der Waals surface area contributed by atoms with E-state index in [2.05, 4.69) is 15.2 Å². The standard InChI is InChI=1S/C10H8Cl2N4O/c11-7-1-2-9(12)8(3-7)10(15-17)4-16-6-13-5-14-16/h1-3,5-6,17H,4H2. The van der Waals surface area contributed by atoms with Crippen molar-refractivity contribution < 1.29 is 5.21 Å². The fourth-order valence-electron chi connectivity index (χ4n) is 1.36. The van der Waals surface area contributed by atoms with Crippen molar-refractivity contribution in [2.75, 3.05) is 0 Å². The van der Waals surface area contributed by atoms with E-state index in [1.165, 1.54) is 17.3 Å². The summed E-state index contributed by atoms with van der Waals surface area (Å²) < 4.78 is 1.52. The molecule has 1 heterocycles. The van der Waals surface area contributed by atoms with Crippen molar-refractivity contribution in [1.82, 2.24) is 14.8 Å². The van der Waals surface area contributed by atoms with Gasteiger partial charge in [0.15, 0.2) is 0 Å².